The fourth-order valence-electron chi connectivity index (χ4n) is 1.94. The minimum Gasteiger partial charge on any atom is -0.477 e. The molecule has 1 aromatic carbocycles. The third-order valence-corrected chi connectivity index (χ3v) is 3.00. The summed E-state index contributed by atoms with van der Waals surface area (Å²) in [5.74, 6) is -0.465. The van der Waals surface area contributed by atoms with E-state index in [-0.39, 0.29) is 17.1 Å². The third-order valence-electron chi connectivity index (χ3n) is 3.00. The molecule has 1 heterocycles. The molecule has 0 spiro atoms. The second-order valence-electron chi connectivity index (χ2n) is 5.88. The standard InChI is InChI=1S/C16H18N2O3/c1-10-5-6-11(16(2,3)4)13(9-10)21-15-17-8-7-12(18-15)14(19)20/h5-9H,1-4H3,(H,19,20). The molecular weight excluding hydrogens is 268 g/mol. The summed E-state index contributed by atoms with van der Waals surface area (Å²) in [6.07, 6.45) is 1.37. The Bertz CT molecular complexity index is 675. The predicted molar refractivity (Wildman–Crippen MR) is 78.9 cm³/mol. The lowest BCUT2D eigenvalue weighted by Gasteiger charge is -2.22. The second-order valence-corrected chi connectivity index (χ2v) is 5.88. The SMILES string of the molecule is Cc1ccc(C(C)(C)C)c(Oc2nccc(C(=O)O)n2)c1. The molecular formula is C16H18N2O3. The fraction of sp³-hybridized carbons (Fsp3) is 0.312. The normalized spacial score (nSPS) is 11.2. The highest BCUT2D eigenvalue weighted by Crippen LogP contribution is 2.33. The summed E-state index contributed by atoms with van der Waals surface area (Å²) < 4.78 is 5.72. The Morgan fingerprint density at radius 2 is 1.95 bits per heavy atom. The number of hydrogen-bond acceptors (Lipinski definition) is 4. The zero-order chi connectivity index (χ0) is 15.6. The molecule has 1 aromatic heterocycles. The Balaban J connectivity index is 2.41. The second kappa shape index (κ2) is 5.52. The van der Waals surface area contributed by atoms with Crippen molar-refractivity contribution in [3.8, 4) is 11.8 Å². The van der Waals surface area contributed by atoms with Crippen LogP contribution < -0.4 is 4.74 Å². The third kappa shape index (κ3) is 3.56. The van der Waals surface area contributed by atoms with Gasteiger partial charge in [0.05, 0.1) is 0 Å². The number of carbonyl (C=O) groups is 1. The van der Waals surface area contributed by atoms with Gasteiger partial charge in [0.1, 0.15) is 5.75 Å². The fourth-order valence-corrected chi connectivity index (χ4v) is 1.94. The van der Waals surface area contributed by atoms with E-state index in [0.717, 1.165) is 11.1 Å². The molecule has 0 unspecified atom stereocenters. The first kappa shape index (κ1) is 15.0. The van der Waals surface area contributed by atoms with E-state index in [0.29, 0.717) is 5.75 Å². The maximum atomic E-state index is 10.9. The van der Waals surface area contributed by atoms with E-state index in [1.807, 2.05) is 25.1 Å². The summed E-state index contributed by atoms with van der Waals surface area (Å²) in [7, 11) is 0. The topological polar surface area (TPSA) is 72.3 Å². The van der Waals surface area contributed by atoms with Crippen molar-refractivity contribution in [2.45, 2.75) is 33.1 Å². The minimum absolute atomic E-state index is 0.0333. The average molecular weight is 286 g/mol. The van der Waals surface area contributed by atoms with E-state index in [1.165, 1.54) is 12.3 Å². The Labute approximate surface area is 123 Å². The molecule has 0 radical (unpaired) electrons. The van der Waals surface area contributed by atoms with Crippen LogP contribution in [0.25, 0.3) is 0 Å². The van der Waals surface area contributed by atoms with E-state index in [2.05, 4.69) is 30.7 Å². The van der Waals surface area contributed by atoms with Crippen molar-refractivity contribution in [3.05, 3.63) is 47.3 Å². The van der Waals surface area contributed by atoms with Crippen LogP contribution >= 0.6 is 0 Å². The highest BCUT2D eigenvalue weighted by Gasteiger charge is 2.20. The van der Waals surface area contributed by atoms with Gasteiger partial charge in [-0.05, 0) is 30.0 Å². The van der Waals surface area contributed by atoms with Crippen molar-refractivity contribution in [2.75, 3.05) is 0 Å². The van der Waals surface area contributed by atoms with Gasteiger partial charge in [0.2, 0.25) is 0 Å². The van der Waals surface area contributed by atoms with Crippen molar-refractivity contribution >= 4 is 5.97 Å². The molecule has 21 heavy (non-hydrogen) atoms. The van der Waals surface area contributed by atoms with Crippen LogP contribution in [0.2, 0.25) is 0 Å². The van der Waals surface area contributed by atoms with Crippen LogP contribution in [0.4, 0.5) is 0 Å². The predicted octanol–water partition coefficient (Wildman–Crippen LogP) is 3.57. The number of carboxylic acid groups (broad SMARTS) is 1. The molecule has 0 saturated heterocycles. The van der Waals surface area contributed by atoms with Gasteiger partial charge in [0, 0.05) is 11.8 Å². The number of hydrogen-bond donors (Lipinski definition) is 1. The van der Waals surface area contributed by atoms with Crippen LogP contribution in [0.1, 0.15) is 42.4 Å². The Morgan fingerprint density at radius 3 is 2.57 bits per heavy atom. The van der Waals surface area contributed by atoms with Crippen LogP contribution in [-0.4, -0.2) is 21.0 Å². The number of carboxylic acids is 1. The smallest absolute Gasteiger partial charge is 0.354 e. The summed E-state index contributed by atoms with van der Waals surface area (Å²) >= 11 is 0. The molecule has 0 aliphatic rings. The van der Waals surface area contributed by atoms with Crippen molar-refractivity contribution < 1.29 is 14.6 Å². The van der Waals surface area contributed by atoms with Gasteiger partial charge < -0.3 is 9.84 Å². The Morgan fingerprint density at radius 1 is 1.24 bits per heavy atom. The van der Waals surface area contributed by atoms with E-state index in [4.69, 9.17) is 9.84 Å². The highest BCUT2D eigenvalue weighted by molar-refractivity contribution is 5.85. The highest BCUT2D eigenvalue weighted by atomic mass is 16.5. The molecule has 0 fully saturated rings. The number of aryl methyl sites for hydroxylation is 1. The van der Waals surface area contributed by atoms with Crippen LogP contribution in [0.5, 0.6) is 11.8 Å². The largest absolute Gasteiger partial charge is 0.477 e. The van der Waals surface area contributed by atoms with Gasteiger partial charge in [0.25, 0.3) is 0 Å². The first-order chi connectivity index (χ1) is 9.77. The molecule has 0 aliphatic heterocycles. The Hall–Kier alpha value is -2.43. The molecule has 0 bridgehead atoms. The van der Waals surface area contributed by atoms with Crippen molar-refractivity contribution in [3.63, 3.8) is 0 Å². The lowest BCUT2D eigenvalue weighted by molar-refractivity contribution is 0.0689. The summed E-state index contributed by atoms with van der Waals surface area (Å²) in [6.45, 7) is 8.21. The molecule has 1 N–H and O–H groups in total. The summed E-state index contributed by atoms with van der Waals surface area (Å²) in [5, 5.41) is 8.96. The molecule has 110 valence electrons. The number of benzene rings is 1. The van der Waals surface area contributed by atoms with Gasteiger partial charge in [-0.3, -0.25) is 0 Å². The van der Waals surface area contributed by atoms with Gasteiger partial charge >= 0.3 is 12.0 Å². The van der Waals surface area contributed by atoms with Gasteiger partial charge in [-0.2, -0.15) is 4.98 Å². The zero-order valence-corrected chi connectivity index (χ0v) is 12.5. The number of aromatic nitrogens is 2. The number of rotatable bonds is 3. The van der Waals surface area contributed by atoms with E-state index < -0.39 is 5.97 Å². The summed E-state index contributed by atoms with van der Waals surface area (Å²) in [5.41, 5.74) is 1.86. The molecule has 5 nitrogen and oxygen atoms in total. The van der Waals surface area contributed by atoms with E-state index in [9.17, 15) is 4.79 Å². The molecule has 2 aromatic rings. The maximum absolute atomic E-state index is 10.9. The summed E-state index contributed by atoms with van der Waals surface area (Å²) in [4.78, 5) is 18.8. The lowest BCUT2D eigenvalue weighted by atomic mass is 9.86. The van der Waals surface area contributed by atoms with Gasteiger partial charge in [-0.25, -0.2) is 9.78 Å². The molecule has 2 rings (SSSR count). The van der Waals surface area contributed by atoms with Gasteiger partial charge in [-0.15, -0.1) is 0 Å². The van der Waals surface area contributed by atoms with Gasteiger partial charge in [-0.1, -0.05) is 32.9 Å². The van der Waals surface area contributed by atoms with E-state index >= 15 is 0 Å². The minimum atomic E-state index is -1.11. The molecule has 5 heteroatoms. The number of aromatic carboxylic acids is 1. The molecule has 0 saturated carbocycles. The van der Waals surface area contributed by atoms with Crippen molar-refractivity contribution in [1.82, 2.24) is 9.97 Å². The quantitative estimate of drug-likeness (QED) is 0.933. The van der Waals surface area contributed by atoms with Crippen molar-refractivity contribution in [1.29, 1.82) is 0 Å². The molecule has 0 atom stereocenters. The first-order valence-electron chi connectivity index (χ1n) is 6.63. The zero-order valence-electron chi connectivity index (χ0n) is 12.5. The van der Waals surface area contributed by atoms with Crippen LogP contribution in [0, 0.1) is 6.92 Å². The van der Waals surface area contributed by atoms with E-state index in [1.54, 1.807) is 0 Å². The van der Waals surface area contributed by atoms with Crippen molar-refractivity contribution in [2.24, 2.45) is 0 Å². The van der Waals surface area contributed by atoms with Crippen LogP contribution in [-0.2, 0) is 5.41 Å². The first-order valence-corrected chi connectivity index (χ1v) is 6.63. The van der Waals surface area contributed by atoms with Crippen LogP contribution in [0.3, 0.4) is 0 Å². The molecule has 0 amide bonds. The Kier molecular flexibility index (Phi) is 3.93. The number of nitrogens with zero attached hydrogens (tertiary/aromatic N) is 2. The average Bonchev–Trinajstić information content (AvgIpc) is 2.37. The summed E-state index contributed by atoms with van der Waals surface area (Å²) in [6, 6.07) is 7.28. The monoisotopic (exact) mass is 286 g/mol. The number of ether oxygens (including phenoxy) is 1. The lowest BCUT2D eigenvalue weighted by Crippen LogP contribution is -2.13. The molecule has 0 aliphatic carbocycles. The van der Waals surface area contributed by atoms with Gasteiger partial charge in [0.15, 0.2) is 5.69 Å². The maximum Gasteiger partial charge on any atom is 0.354 e. The van der Waals surface area contributed by atoms with Crippen LogP contribution in [0.15, 0.2) is 30.5 Å².